The number of rotatable bonds is 6. The zero-order valence-corrected chi connectivity index (χ0v) is 11.5. The number of aliphatic hydroxyl groups excluding tert-OH is 1. The van der Waals surface area contributed by atoms with E-state index in [1.165, 1.54) is 19.1 Å². The Kier molecular flexibility index (Phi) is 4.68. The molecule has 0 aliphatic rings. The lowest BCUT2D eigenvalue weighted by Gasteiger charge is -2.08. The second-order valence-corrected chi connectivity index (χ2v) is 4.50. The van der Waals surface area contributed by atoms with Crippen molar-refractivity contribution < 1.29 is 18.8 Å². The molecule has 1 N–H and O–H groups in total. The van der Waals surface area contributed by atoms with E-state index in [2.05, 4.69) is 10.1 Å². The van der Waals surface area contributed by atoms with E-state index >= 15 is 0 Å². The number of benzene rings is 1. The predicted molar refractivity (Wildman–Crippen MR) is 69.7 cm³/mol. The summed E-state index contributed by atoms with van der Waals surface area (Å²) in [6, 6.07) is 4.31. The van der Waals surface area contributed by atoms with Gasteiger partial charge in [0.1, 0.15) is 11.6 Å². The van der Waals surface area contributed by atoms with E-state index in [0.29, 0.717) is 17.5 Å². The molecule has 0 unspecified atom stereocenters. The van der Waals surface area contributed by atoms with Gasteiger partial charge in [0.25, 0.3) is 5.89 Å². The molecule has 1 heterocycles. The molecule has 0 saturated carbocycles. The Morgan fingerprint density at radius 3 is 2.90 bits per heavy atom. The molecule has 0 aliphatic carbocycles. The van der Waals surface area contributed by atoms with Gasteiger partial charge in [-0.05, 0) is 25.5 Å². The number of aromatic nitrogens is 2. The van der Waals surface area contributed by atoms with Crippen LogP contribution in [0.25, 0.3) is 0 Å². The number of aryl methyl sites for hydroxylation is 1. The lowest BCUT2D eigenvalue weighted by atomic mass is 10.1. The van der Waals surface area contributed by atoms with Crippen molar-refractivity contribution in [2.75, 3.05) is 0 Å². The molecule has 0 aliphatic heterocycles. The van der Waals surface area contributed by atoms with Gasteiger partial charge in [-0.3, -0.25) is 0 Å². The van der Waals surface area contributed by atoms with Crippen LogP contribution in [0.5, 0.6) is 5.75 Å². The molecule has 20 heavy (non-hydrogen) atoms. The Morgan fingerprint density at radius 2 is 2.25 bits per heavy atom. The molecular formula is C14H17FN2O3. The van der Waals surface area contributed by atoms with E-state index in [0.717, 1.165) is 12.8 Å². The average molecular weight is 280 g/mol. The fourth-order valence-corrected chi connectivity index (χ4v) is 1.76. The summed E-state index contributed by atoms with van der Waals surface area (Å²) in [4.78, 5) is 4.15. The van der Waals surface area contributed by atoms with Gasteiger partial charge in [-0.25, -0.2) is 4.39 Å². The maximum absolute atomic E-state index is 13.6. The minimum atomic E-state index is -0.850. The van der Waals surface area contributed by atoms with Crippen LogP contribution in [-0.4, -0.2) is 15.2 Å². The van der Waals surface area contributed by atoms with Crippen LogP contribution in [0.1, 0.15) is 43.7 Å². The maximum Gasteiger partial charge on any atom is 0.264 e. The van der Waals surface area contributed by atoms with E-state index in [9.17, 15) is 9.50 Å². The largest absolute Gasteiger partial charge is 0.484 e. The monoisotopic (exact) mass is 280 g/mol. The number of aliphatic hydroxyl groups is 1. The molecule has 0 amide bonds. The standard InChI is InChI=1S/C14H17FN2O3/c1-3-4-13-16-14(20-17-13)8-19-10-5-6-11(9(2)18)12(15)7-10/h5-7,9,18H,3-4,8H2,1-2H3/t9-/m1/s1. The van der Waals surface area contributed by atoms with Crippen LogP contribution in [0.4, 0.5) is 4.39 Å². The predicted octanol–water partition coefficient (Wildman–Crippen LogP) is 2.79. The summed E-state index contributed by atoms with van der Waals surface area (Å²) < 4.78 is 24.0. The summed E-state index contributed by atoms with van der Waals surface area (Å²) in [5, 5.41) is 13.1. The number of ether oxygens (including phenoxy) is 1. The molecule has 2 aromatic rings. The molecule has 6 heteroatoms. The van der Waals surface area contributed by atoms with Crippen molar-refractivity contribution >= 4 is 0 Å². The third kappa shape index (κ3) is 3.54. The third-order valence-electron chi connectivity index (χ3n) is 2.77. The SMILES string of the molecule is CCCc1noc(COc2ccc([C@@H](C)O)c(F)c2)n1. The van der Waals surface area contributed by atoms with Gasteiger partial charge in [-0.2, -0.15) is 4.98 Å². The third-order valence-corrected chi connectivity index (χ3v) is 2.77. The Hall–Kier alpha value is -1.95. The first-order valence-electron chi connectivity index (χ1n) is 6.52. The smallest absolute Gasteiger partial charge is 0.264 e. The summed E-state index contributed by atoms with van der Waals surface area (Å²) >= 11 is 0. The fourth-order valence-electron chi connectivity index (χ4n) is 1.76. The molecule has 1 aromatic heterocycles. The average Bonchev–Trinajstić information content (AvgIpc) is 2.84. The van der Waals surface area contributed by atoms with E-state index in [4.69, 9.17) is 9.26 Å². The highest BCUT2D eigenvalue weighted by atomic mass is 19.1. The van der Waals surface area contributed by atoms with E-state index < -0.39 is 11.9 Å². The topological polar surface area (TPSA) is 68.4 Å². The highest BCUT2D eigenvalue weighted by molar-refractivity contribution is 5.30. The van der Waals surface area contributed by atoms with Crippen LogP contribution in [-0.2, 0) is 13.0 Å². The van der Waals surface area contributed by atoms with Crippen molar-refractivity contribution in [3.8, 4) is 5.75 Å². The highest BCUT2D eigenvalue weighted by Gasteiger charge is 2.10. The first-order chi connectivity index (χ1) is 9.60. The summed E-state index contributed by atoms with van der Waals surface area (Å²) in [7, 11) is 0. The molecule has 0 saturated heterocycles. The molecule has 2 rings (SSSR count). The minimum absolute atomic E-state index is 0.0875. The number of halogens is 1. The van der Waals surface area contributed by atoms with Crippen molar-refractivity contribution in [1.82, 2.24) is 10.1 Å². The molecule has 5 nitrogen and oxygen atoms in total. The maximum atomic E-state index is 13.6. The first kappa shape index (κ1) is 14.5. The van der Waals surface area contributed by atoms with Crippen molar-refractivity contribution in [2.24, 2.45) is 0 Å². The zero-order chi connectivity index (χ0) is 14.5. The Morgan fingerprint density at radius 1 is 1.45 bits per heavy atom. The van der Waals surface area contributed by atoms with E-state index in [1.54, 1.807) is 6.07 Å². The number of hydrogen-bond acceptors (Lipinski definition) is 5. The summed E-state index contributed by atoms with van der Waals surface area (Å²) in [6.07, 6.45) is 0.837. The van der Waals surface area contributed by atoms with Gasteiger partial charge in [0, 0.05) is 18.1 Å². The zero-order valence-electron chi connectivity index (χ0n) is 11.5. The van der Waals surface area contributed by atoms with E-state index in [-0.39, 0.29) is 12.2 Å². The molecule has 0 bridgehead atoms. The second kappa shape index (κ2) is 6.47. The molecule has 0 spiro atoms. The van der Waals surface area contributed by atoms with Crippen molar-refractivity contribution in [3.63, 3.8) is 0 Å². The summed E-state index contributed by atoms with van der Waals surface area (Å²) in [6.45, 7) is 3.62. The summed E-state index contributed by atoms with van der Waals surface area (Å²) in [5.74, 6) is 0.840. The Balaban J connectivity index is 1.98. The molecular weight excluding hydrogens is 263 g/mol. The summed E-state index contributed by atoms with van der Waals surface area (Å²) in [5.41, 5.74) is 0.236. The first-order valence-corrected chi connectivity index (χ1v) is 6.52. The van der Waals surface area contributed by atoms with Gasteiger partial charge >= 0.3 is 0 Å². The number of nitrogens with zero attached hydrogens (tertiary/aromatic N) is 2. The quantitative estimate of drug-likeness (QED) is 0.881. The fraction of sp³-hybridized carbons (Fsp3) is 0.429. The van der Waals surface area contributed by atoms with Gasteiger partial charge in [0.15, 0.2) is 12.4 Å². The van der Waals surface area contributed by atoms with Gasteiger partial charge < -0.3 is 14.4 Å². The van der Waals surface area contributed by atoms with E-state index in [1.807, 2.05) is 6.92 Å². The lowest BCUT2D eigenvalue weighted by Crippen LogP contribution is -1.99. The van der Waals surface area contributed by atoms with Crippen LogP contribution >= 0.6 is 0 Å². The van der Waals surface area contributed by atoms with Gasteiger partial charge in [-0.15, -0.1) is 0 Å². The molecule has 108 valence electrons. The number of hydrogen-bond donors (Lipinski definition) is 1. The molecule has 0 radical (unpaired) electrons. The Labute approximate surface area is 116 Å². The van der Waals surface area contributed by atoms with Gasteiger partial charge in [0.05, 0.1) is 6.10 Å². The highest BCUT2D eigenvalue weighted by Crippen LogP contribution is 2.22. The van der Waals surface area contributed by atoms with Crippen LogP contribution in [0, 0.1) is 5.82 Å². The molecule has 1 atom stereocenters. The van der Waals surface area contributed by atoms with Crippen molar-refractivity contribution in [1.29, 1.82) is 0 Å². The minimum Gasteiger partial charge on any atom is -0.484 e. The normalized spacial score (nSPS) is 12.4. The second-order valence-electron chi connectivity index (χ2n) is 4.50. The Bertz CT molecular complexity index is 569. The van der Waals surface area contributed by atoms with Crippen molar-refractivity contribution in [2.45, 2.75) is 39.4 Å². The van der Waals surface area contributed by atoms with Crippen LogP contribution in [0.2, 0.25) is 0 Å². The van der Waals surface area contributed by atoms with Gasteiger partial charge in [0.2, 0.25) is 0 Å². The molecule has 0 fully saturated rings. The molecule has 1 aromatic carbocycles. The van der Waals surface area contributed by atoms with Crippen molar-refractivity contribution in [3.05, 3.63) is 41.3 Å². The van der Waals surface area contributed by atoms with Crippen LogP contribution in [0.3, 0.4) is 0 Å². The van der Waals surface area contributed by atoms with Crippen LogP contribution < -0.4 is 4.74 Å². The van der Waals surface area contributed by atoms with Crippen LogP contribution in [0.15, 0.2) is 22.7 Å². The van der Waals surface area contributed by atoms with Gasteiger partial charge in [-0.1, -0.05) is 12.1 Å². The lowest BCUT2D eigenvalue weighted by molar-refractivity contribution is 0.193.